The second-order valence-electron chi connectivity index (χ2n) is 4.31. The maximum absolute atomic E-state index is 11.4. The number of carbonyl (C=O) groups is 1. The number of anilines is 1. The van der Waals surface area contributed by atoms with Crippen molar-refractivity contribution >= 4 is 27.6 Å². The van der Waals surface area contributed by atoms with Crippen molar-refractivity contribution in [2.75, 3.05) is 11.9 Å². The third-order valence-electron chi connectivity index (χ3n) is 1.58. The van der Waals surface area contributed by atoms with Crippen LogP contribution in [0.4, 0.5) is 5.69 Å². The normalized spacial score (nSPS) is 11.0. The minimum Gasteiger partial charge on any atom is -0.459 e. The van der Waals surface area contributed by atoms with Gasteiger partial charge in [0.15, 0.2) is 0 Å². The average molecular weight is 287 g/mol. The van der Waals surface area contributed by atoms with E-state index in [1.807, 2.05) is 20.8 Å². The van der Waals surface area contributed by atoms with Crippen LogP contribution in [-0.2, 0) is 9.53 Å². The number of nitrogens with zero attached hydrogens (tertiary/aromatic N) is 1. The SMILES string of the molecule is CC(C)(C)OC(=O)CNc1ccnc(Br)c1. The maximum Gasteiger partial charge on any atom is 0.325 e. The number of aromatic nitrogens is 1. The number of pyridine rings is 1. The van der Waals surface area contributed by atoms with Crippen molar-refractivity contribution in [3.05, 3.63) is 22.9 Å². The van der Waals surface area contributed by atoms with Gasteiger partial charge in [-0.3, -0.25) is 4.79 Å². The number of ether oxygens (including phenoxy) is 1. The van der Waals surface area contributed by atoms with E-state index in [1.165, 1.54) is 0 Å². The highest BCUT2D eigenvalue weighted by Crippen LogP contribution is 2.12. The van der Waals surface area contributed by atoms with Gasteiger partial charge in [0.2, 0.25) is 0 Å². The number of rotatable bonds is 3. The topological polar surface area (TPSA) is 51.2 Å². The van der Waals surface area contributed by atoms with E-state index in [0.717, 1.165) is 10.3 Å². The molecule has 0 amide bonds. The van der Waals surface area contributed by atoms with Gasteiger partial charge in [-0.25, -0.2) is 4.98 Å². The summed E-state index contributed by atoms with van der Waals surface area (Å²) in [7, 11) is 0. The van der Waals surface area contributed by atoms with Gasteiger partial charge in [0.25, 0.3) is 0 Å². The summed E-state index contributed by atoms with van der Waals surface area (Å²) >= 11 is 3.25. The van der Waals surface area contributed by atoms with Crippen LogP contribution in [0.5, 0.6) is 0 Å². The van der Waals surface area contributed by atoms with Crippen LogP contribution >= 0.6 is 15.9 Å². The lowest BCUT2D eigenvalue weighted by molar-refractivity contribution is -0.152. The first kappa shape index (κ1) is 13.0. The van der Waals surface area contributed by atoms with E-state index in [0.29, 0.717) is 0 Å². The minimum atomic E-state index is -0.447. The Morgan fingerprint density at radius 3 is 2.81 bits per heavy atom. The van der Waals surface area contributed by atoms with Gasteiger partial charge in [0.1, 0.15) is 16.7 Å². The third-order valence-corrected chi connectivity index (χ3v) is 2.02. The Labute approximate surface area is 104 Å². The second kappa shape index (κ2) is 5.30. The Morgan fingerprint density at radius 1 is 1.56 bits per heavy atom. The summed E-state index contributed by atoms with van der Waals surface area (Å²) in [5.74, 6) is -0.277. The fraction of sp³-hybridized carbons (Fsp3) is 0.455. The fourth-order valence-electron chi connectivity index (χ4n) is 1.06. The van der Waals surface area contributed by atoms with E-state index < -0.39 is 5.60 Å². The van der Waals surface area contributed by atoms with Gasteiger partial charge < -0.3 is 10.1 Å². The lowest BCUT2D eigenvalue weighted by Gasteiger charge is -2.19. The molecule has 1 rings (SSSR count). The quantitative estimate of drug-likeness (QED) is 0.686. The molecule has 0 spiro atoms. The summed E-state index contributed by atoms with van der Waals surface area (Å²) in [6.45, 7) is 5.67. The first-order valence-corrected chi connectivity index (χ1v) is 5.73. The van der Waals surface area contributed by atoms with E-state index in [-0.39, 0.29) is 12.5 Å². The van der Waals surface area contributed by atoms with Crippen molar-refractivity contribution in [1.29, 1.82) is 0 Å². The van der Waals surface area contributed by atoms with E-state index in [2.05, 4.69) is 26.2 Å². The zero-order valence-electron chi connectivity index (χ0n) is 9.58. The molecule has 4 nitrogen and oxygen atoms in total. The van der Waals surface area contributed by atoms with Gasteiger partial charge in [-0.1, -0.05) is 0 Å². The third kappa shape index (κ3) is 5.11. The van der Waals surface area contributed by atoms with E-state index >= 15 is 0 Å². The summed E-state index contributed by atoms with van der Waals surface area (Å²) in [5, 5.41) is 2.96. The summed E-state index contributed by atoms with van der Waals surface area (Å²) in [6.07, 6.45) is 1.65. The Kier molecular flexibility index (Phi) is 4.29. The molecule has 0 bridgehead atoms. The van der Waals surface area contributed by atoms with Crippen molar-refractivity contribution in [3.63, 3.8) is 0 Å². The number of hydrogen-bond acceptors (Lipinski definition) is 4. The summed E-state index contributed by atoms with van der Waals surface area (Å²) in [6, 6.07) is 3.58. The molecule has 0 aromatic carbocycles. The van der Waals surface area contributed by atoms with Crippen LogP contribution in [0.1, 0.15) is 20.8 Å². The van der Waals surface area contributed by atoms with Gasteiger partial charge in [-0.2, -0.15) is 0 Å². The van der Waals surface area contributed by atoms with Crippen LogP contribution in [0.2, 0.25) is 0 Å². The fourth-order valence-corrected chi connectivity index (χ4v) is 1.43. The molecule has 5 heteroatoms. The molecule has 16 heavy (non-hydrogen) atoms. The Balaban J connectivity index is 2.43. The molecular formula is C11H15BrN2O2. The molecule has 1 heterocycles. The highest BCUT2D eigenvalue weighted by molar-refractivity contribution is 9.10. The Morgan fingerprint density at radius 2 is 2.25 bits per heavy atom. The molecule has 0 radical (unpaired) electrons. The molecule has 0 fully saturated rings. The van der Waals surface area contributed by atoms with Gasteiger partial charge in [-0.05, 0) is 48.8 Å². The Hall–Kier alpha value is -1.10. The molecule has 0 aliphatic heterocycles. The van der Waals surface area contributed by atoms with Crippen LogP contribution in [0.15, 0.2) is 22.9 Å². The molecule has 0 saturated carbocycles. The maximum atomic E-state index is 11.4. The predicted octanol–water partition coefficient (Wildman–Crippen LogP) is 2.60. The number of hydrogen-bond donors (Lipinski definition) is 1. The van der Waals surface area contributed by atoms with Gasteiger partial charge in [0.05, 0.1) is 0 Å². The monoisotopic (exact) mass is 286 g/mol. The van der Waals surface area contributed by atoms with Crippen molar-refractivity contribution in [2.24, 2.45) is 0 Å². The molecule has 0 aliphatic rings. The van der Waals surface area contributed by atoms with Crippen LogP contribution in [0, 0.1) is 0 Å². The van der Waals surface area contributed by atoms with Gasteiger partial charge in [0, 0.05) is 11.9 Å². The molecule has 1 aromatic rings. The number of nitrogens with one attached hydrogen (secondary N) is 1. The number of carbonyl (C=O) groups excluding carboxylic acids is 1. The predicted molar refractivity (Wildman–Crippen MR) is 66.3 cm³/mol. The van der Waals surface area contributed by atoms with E-state index in [9.17, 15) is 4.79 Å². The molecule has 0 unspecified atom stereocenters. The molecular weight excluding hydrogens is 272 g/mol. The molecule has 0 aliphatic carbocycles. The molecule has 1 N–H and O–H groups in total. The lowest BCUT2D eigenvalue weighted by atomic mass is 10.2. The largest absolute Gasteiger partial charge is 0.459 e. The van der Waals surface area contributed by atoms with Crippen molar-refractivity contribution in [3.8, 4) is 0 Å². The van der Waals surface area contributed by atoms with Gasteiger partial charge in [-0.15, -0.1) is 0 Å². The van der Waals surface area contributed by atoms with Crippen LogP contribution in [0.25, 0.3) is 0 Å². The van der Waals surface area contributed by atoms with Crippen LogP contribution in [-0.4, -0.2) is 23.1 Å². The van der Waals surface area contributed by atoms with Gasteiger partial charge >= 0.3 is 5.97 Å². The van der Waals surface area contributed by atoms with E-state index in [1.54, 1.807) is 18.3 Å². The van der Waals surface area contributed by atoms with Crippen molar-refractivity contribution in [1.82, 2.24) is 4.98 Å². The Bertz CT molecular complexity index is 374. The first-order valence-electron chi connectivity index (χ1n) is 4.94. The zero-order chi connectivity index (χ0) is 12.2. The zero-order valence-corrected chi connectivity index (χ0v) is 11.2. The standard InChI is InChI=1S/C11H15BrN2O2/c1-11(2,3)16-10(15)7-14-8-4-5-13-9(12)6-8/h4-6H,7H2,1-3H3,(H,13,14). The minimum absolute atomic E-state index is 0.147. The molecule has 0 saturated heterocycles. The summed E-state index contributed by atoms with van der Waals surface area (Å²) in [5.41, 5.74) is 0.380. The lowest BCUT2D eigenvalue weighted by Crippen LogP contribution is -2.28. The number of halogens is 1. The van der Waals surface area contributed by atoms with Crippen molar-refractivity contribution in [2.45, 2.75) is 26.4 Å². The van der Waals surface area contributed by atoms with Crippen LogP contribution in [0.3, 0.4) is 0 Å². The van der Waals surface area contributed by atoms with Crippen LogP contribution < -0.4 is 5.32 Å². The van der Waals surface area contributed by atoms with Crippen molar-refractivity contribution < 1.29 is 9.53 Å². The first-order chi connectivity index (χ1) is 7.37. The highest BCUT2D eigenvalue weighted by Gasteiger charge is 2.15. The molecule has 0 atom stereocenters. The molecule has 88 valence electrons. The highest BCUT2D eigenvalue weighted by atomic mass is 79.9. The average Bonchev–Trinajstić information content (AvgIpc) is 2.12. The number of esters is 1. The van der Waals surface area contributed by atoms with E-state index in [4.69, 9.17) is 4.74 Å². The summed E-state index contributed by atoms with van der Waals surface area (Å²) < 4.78 is 5.88. The molecule has 1 aromatic heterocycles. The summed E-state index contributed by atoms with van der Waals surface area (Å²) in [4.78, 5) is 15.4. The second-order valence-corrected chi connectivity index (χ2v) is 5.12. The smallest absolute Gasteiger partial charge is 0.325 e.